The lowest BCUT2D eigenvalue weighted by atomic mass is 10.00. The first-order valence-electron chi connectivity index (χ1n) is 7.42. The average Bonchev–Trinajstić information content (AvgIpc) is 2.96. The van der Waals surface area contributed by atoms with Gasteiger partial charge in [0.05, 0.1) is 11.8 Å². The minimum Gasteiger partial charge on any atom is -0.392 e. The first-order chi connectivity index (χ1) is 9.00. The van der Waals surface area contributed by atoms with Gasteiger partial charge in [-0.25, -0.2) is 0 Å². The van der Waals surface area contributed by atoms with Crippen molar-refractivity contribution in [2.24, 2.45) is 13.0 Å². The summed E-state index contributed by atoms with van der Waals surface area (Å²) in [5, 5.41) is 18.1. The zero-order valence-electron chi connectivity index (χ0n) is 12.6. The molecular weight excluding hydrogens is 238 g/mol. The van der Waals surface area contributed by atoms with Gasteiger partial charge < -0.3 is 10.4 Å². The number of hydrogen-bond acceptors (Lipinski definition) is 3. The third kappa shape index (κ3) is 3.18. The second-order valence-corrected chi connectivity index (χ2v) is 5.95. The van der Waals surface area contributed by atoms with Gasteiger partial charge in [0, 0.05) is 30.9 Å². The van der Waals surface area contributed by atoms with Crippen molar-refractivity contribution < 1.29 is 5.11 Å². The quantitative estimate of drug-likeness (QED) is 0.858. The fraction of sp³-hybridized carbons (Fsp3) is 0.800. The second kappa shape index (κ2) is 6.06. The number of aliphatic hydroxyl groups excluding tert-OH is 1. The summed E-state index contributed by atoms with van der Waals surface area (Å²) in [5.74, 6) is 0.496. The summed E-state index contributed by atoms with van der Waals surface area (Å²) in [5.41, 5.74) is 3.55. The molecule has 0 aliphatic heterocycles. The SMILES string of the molecule is Cc1nn(C)c(C)c1C(C)NCC(O)C1CCCC1. The van der Waals surface area contributed by atoms with E-state index in [0.717, 1.165) is 5.69 Å². The van der Waals surface area contributed by atoms with Crippen LogP contribution < -0.4 is 5.32 Å². The molecule has 1 saturated carbocycles. The van der Waals surface area contributed by atoms with E-state index >= 15 is 0 Å². The standard InChI is InChI=1S/C15H27N3O/c1-10(15-11(2)17-18(4)12(15)3)16-9-14(19)13-7-5-6-8-13/h10,13-14,16,19H,5-9H2,1-4H3. The number of aromatic nitrogens is 2. The number of hydrogen-bond donors (Lipinski definition) is 2. The van der Waals surface area contributed by atoms with Gasteiger partial charge in [0.25, 0.3) is 0 Å². The molecule has 19 heavy (non-hydrogen) atoms. The van der Waals surface area contributed by atoms with Crippen molar-refractivity contribution in [3.8, 4) is 0 Å². The minimum atomic E-state index is -0.206. The predicted octanol–water partition coefficient (Wildman–Crippen LogP) is 2.24. The molecule has 1 aliphatic rings. The largest absolute Gasteiger partial charge is 0.392 e. The maximum atomic E-state index is 10.2. The highest BCUT2D eigenvalue weighted by molar-refractivity contribution is 5.27. The van der Waals surface area contributed by atoms with E-state index in [0.29, 0.717) is 12.5 Å². The smallest absolute Gasteiger partial charge is 0.0692 e. The van der Waals surface area contributed by atoms with Gasteiger partial charge in [-0.2, -0.15) is 5.10 Å². The Labute approximate surface area is 116 Å². The predicted molar refractivity (Wildman–Crippen MR) is 77.1 cm³/mol. The fourth-order valence-electron chi connectivity index (χ4n) is 3.33. The Morgan fingerprint density at radius 3 is 2.53 bits per heavy atom. The molecule has 1 aliphatic carbocycles. The summed E-state index contributed by atoms with van der Waals surface area (Å²) in [6.07, 6.45) is 4.71. The Morgan fingerprint density at radius 1 is 1.37 bits per heavy atom. The summed E-state index contributed by atoms with van der Waals surface area (Å²) in [6.45, 7) is 6.98. The number of nitrogens with one attached hydrogen (secondary N) is 1. The fourth-order valence-corrected chi connectivity index (χ4v) is 3.33. The Hall–Kier alpha value is -0.870. The zero-order chi connectivity index (χ0) is 14.0. The number of nitrogens with zero attached hydrogens (tertiary/aromatic N) is 2. The zero-order valence-corrected chi connectivity index (χ0v) is 12.6. The monoisotopic (exact) mass is 265 g/mol. The molecule has 0 aromatic carbocycles. The molecule has 0 amide bonds. The third-order valence-electron chi connectivity index (χ3n) is 4.58. The second-order valence-electron chi connectivity index (χ2n) is 5.95. The van der Waals surface area contributed by atoms with E-state index in [2.05, 4.69) is 24.3 Å². The van der Waals surface area contributed by atoms with Gasteiger partial charge >= 0.3 is 0 Å². The van der Waals surface area contributed by atoms with Crippen molar-refractivity contribution >= 4 is 0 Å². The highest BCUT2D eigenvalue weighted by Gasteiger charge is 2.24. The summed E-state index contributed by atoms with van der Waals surface area (Å²) >= 11 is 0. The first-order valence-corrected chi connectivity index (χ1v) is 7.42. The van der Waals surface area contributed by atoms with Crippen molar-refractivity contribution in [3.05, 3.63) is 17.0 Å². The van der Waals surface area contributed by atoms with E-state index in [-0.39, 0.29) is 12.1 Å². The summed E-state index contributed by atoms with van der Waals surface area (Å²) in [7, 11) is 1.98. The van der Waals surface area contributed by atoms with E-state index in [1.54, 1.807) is 0 Å². The van der Waals surface area contributed by atoms with E-state index in [4.69, 9.17) is 0 Å². The Bertz CT molecular complexity index is 421. The molecule has 0 radical (unpaired) electrons. The Kier molecular flexibility index (Phi) is 4.63. The van der Waals surface area contributed by atoms with E-state index in [1.165, 1.54) is 36.9 Å². The highest BCUT2D eigenvalue weighted by atomic mass is 16.3. The van der Waals surface area contributed by atoms with Crippen molar-refractivity contribution in [3.63, 3.8) is 0 Å². The van der Waals surface area contributed by atoms with Crippen LogP contribution in [0.1, 0.15) is 55.6 Å². The summed E-state index contributed by atoms with van der Waals surface area (Å²) < 4.78 is 1.93. The van der Waals surface area contributed by atoms with Crippen LogP contribution in [0.25, 0.3) is 0 Å². The first kappa shape index (κ1) is 14.5. The van der Waals surface area contributed by atoms with E-state index in [9.17, 15) is 5.11 Å². The van der Waals surface area contributed by atoms with Gasteiger partial charge in [-0.1, -0.05) is 12.8 Å². The normalized spacial score (nSPS) is 19.8. The molecule has 1 heterocycles. The molecule has 4 heteroatoms. The van der Waals surface area contributed by atoms with Crippen LogP contribution in [0.5, 0.6) is 0 Å². The van der Waals surface area contributed by atoms with Gasteiger partial charge in [0.1, 0.15) is 0 Å². The molecule has 1 fully saturated rings. The van der Waals surface area contributed by atoms with Gasteiger partial charge in [-0.3, -0.25) is 4.68 Å². The third-order valence-corrected chi connectivity index (χ3v) is 4.58. The van der Waals surface area contributed by atoms with Crippen molar-refractivity contribution in [1.82, 2.24) is 15.1 Å². The molecule has 2 N–H and O–H groups in total. The van der Waals surface area contributed by atoms with Gasteiger partial charge in [0.15, 0.2) is 0 Å². The lowest BCUT2D eigenvalue weighted by Crippen LogP contribution is -2.33. The average molecular weight is 265 g/mol. The van der Waals surface area contributed by atoms with Gasteiger partial charge in [-0.05, 0) is 39.5 Å². The van der Waals surface area contributed by atoms with Crippen LogP contribution in [0.3, 0.4) is 0 Å². The molecule has 0 bridgehead atoms. The molecule has 0 saturated heterocycles. The Morgan fingerprint density at radius 2 is 2.00 bits per heavy atom. The molecule has 2 unspecified atom stereocenters. The van der Waals surface area contributed by atoms with Crippen LogP contribution in [0.15, 0.2) is 0 Å². The van der Waals surface area contributed by atoms with Crippen LogP contribution in [0.2, 0.25) is 0 Å². The van der Waals surface area contributed by atoms with Crippen LogP contribution in [0.4, 0.5) is 0 Å². The lowest BCUT2D eigenvalue weighted by molar-refractivity contribution is 0.106. The molecule has 2 rings (SSSR count). The van der Waals surface area contributed by atoms with Crippen molar-refractivity contribution in [1.29, 1.82) is 0 Å². The Balaban J connectivity index is 1.91. The van der Waals surface area contributed by atoms with Crippen molar-refractivity contribution in [2.45, 2.75) is 58.6 Å². The van der Waals surface area contributed by atoms with Crippen LogP contribution in [-0.4, -0.2) is 27.5 Å². The van der Waals surface area contributed by atoms with Gasteiger partial charge in [-0.15, -0.1) is 0 Å². The minimum absolute atomic E-state index is 0.206. The number of aliphatic hydroxyl groups is 1. The summed E-state index contributed by atoms with van der Waals surface area (Å²) in [4.78, 5) is 0. The van der Waals surface area contributed by atoms with Crippen LogP contribution in [0, 0.1) is 19.8 Å². The van der Waals surface area contributed by atoms with E-state index in [1.807, 2.05) is 18.7 Å². The maximum Gasteiger partial charge on any atom is 0.0692 e. The topological polar surface area (TPSA) is 50.1 Å². The summed E-state index contributed by atoms with van der Waals surface area (Å²) in [6, 6.07) is 0.241. The van der Waals surface area contributed by atoms with Crippen LogP contribution in [-0.2, 0) is 7.05 Å². The molecule has 2 atom stereocenters. The number of aryl methyl sites for hydroxylation is 2. The van der Waals surface area contributed by atoms with Crippen molar-refractivity contribution in [2.75, 3.05) is 6.54 Å². The van der Waals surface area contributed by atoms with Crippen LogP contribution >= 0.6 is 0 Å². The molecule has 4 nitrogen and oxygen atoms in total. The maximum absolute atomic E-state index is 10.2. The molecule has 1 aromatic rings. The van der Waals surface area contributed by atoms with Gasteiger partial charge in [0.2, 0.25) is 0 Å². The molecule has 0 spiro atoms. The highest BCUT2D eigenvalue weighted by Crippen LogP contribution is 2.28. The molecular formula is C15H27N3O. The molecule has 108 valence electrons. The van der Waals surface area contributed by atoms with E-state index < -0.39 is 0 Å². The number of rotatable bonds is 5. The molecule has 1 aromatic heterocycles. The lowest BCUT2D eigenvalue weighted by Gasteiger charge is -2.21.